The lowest BCUT2D eigenvalue weighted by Crippen LogP contribution is -2.16. The molecule has 1 aromatic heterocycles. The molecule has 3 rings (SSSR count). The predicted octanol–water partition coefficient (Wildman–Crippen LogP) is 5.16. The monoisotopic (exact) mass is 450 g/mol. The van der Waals surface area contributed by atoms with Crippen LogP contribution >= 0.6 is 22.9 Å². The summed E-state index contributed by atoms with van der Waals surface area (Å²) in [6.45, 7) is 4.09. The fourth-order valence-electron chi connectivity index (χ4n) is 2.59. The van der Waals surface area contributed by atoms with Gasteiger partial charge in [0.05, 0.1) is 20.7 Å². The van der Waals surface area contributed by atoms with E-state index < -0.39 is 10.0 Å². The van der Waals surface area contributed by atoms with Crippen molar-refractivity contribution in [3.8, 4) is 5.75 Å². The number of sulfonamides is 1. The third kappa shape index (κ3) is 5.29. The number of aryl methyl sites for hydroxylation is 1. The minimum atomic E-state index is -3.85. The van der Waals surface area contributed by atoms with Gasteiger partial charge in [-0.05, 0) is 67.9 Å². The van der Waals surface area contributed by atoms with Gasteiger partial charge in [0, 0.05) is 11.4 Å². The second kappa shape index (κ2) is 8.86. The molecule has 0 aliphatic heterocycles. The van der Waals surface area contributed by atoms with Crippen LogP contribution in [0.2, 0.25) is 4.34 Å². The van der Waals surface area contributed by atoms with Crippen molar-refractivity contribution in [3.05, 3.63) is 69.4 Å². The van der Waals surface area contributed by atoms with Crippen LogP contribution in [0.25, 0.3) is 0 Å². The van der Waals surface area contributed by atoms with Crippen molar-refractivity contribution in [2.24, 2.45) is 0 Å². The summed E-state index contributed by atoms with van der Waals surface area (Å²) in [6.07, 6.45) is 0. The van der Waals surface area contributed by atoms with Crippen LogP contribution in [-0.4, -0.2) is 20.9 Å². The number of carbonyl (C=O) groups is 1. The van der Waals surface area contributed by atoms with Crippen molar-refractivity contribution in [2.45, 2.75) is 18.7 Å². The normalized spacial score (nSPS) is 11.1. The van der Waals surface area contributed by atoms with Crippen LogP contribution < -0.4 is 14.8 Å². The van der Waals surface area contributed by atoms with E-state index in [1.165, 1.54) is 6.07 Å². The molecule has 1 heterocycles. The van der Waals surface area contributed by atoms with E-state index in [0.717, 1.165) is 11.3 Å². The summed E-state index contributed by atoms with van der Waals surface area (Å²) in [5.41, 5.74) is 1.34. The number of thiophene rings is 1. The molecule has 0 atom stereocenters. The lowest BCUT2D eigenvalue weighted by Gasteiger charge is -2.13. The van der Waals surface area contributed by atoms with Gasteiger partial charge >= 0.3 is 0 Å². The molecule has 2 aromatic carbocycles. The summed E-state index contributed by atoms with van der Waals surface area (Å²) in [5.74, 6) is 0.304. The Morgan fingerprint density at radius 2 is 1.76 bits per heavy atom. The van der Waals surface area contributed by atoms with Crippen LogP contribution in [0, 0.1) is 6.92 Å². The van der Waals surface area contributed by atoms with E-state index in [-0.39, 0.29) is 10.8 Å². The quantitative estimate of drug-likeness (QED) is 0.520. The minimum Gasteiger partial charge on any atom is -0.494 e. The molecular formula is C20H19ClN2O4S2. The summed E-state index contributed by atoms with van der Waals surface area (Å²) < 4.78 is 34.2. The van der Waals surface area contributed by atoms with Gasteiger partial charge in [-0.25, -0.2) is 8.42 Å². The highest BCUT2D eigenvalue weighted by Gasteiger charge is 2.19. The van der Waals surface area contributed by atoms with Gasteiger partial charge in [-0.3, -0.25) is 9.52 Å². The molecule has 0 bridgehead atoms. The first-order valence-corrected chi connectivity index (χ1v) is 11.4. The number of benzene rings is 2. The van der Waals surface area contributed by atoms with Gasteiger partial charge in [-0.2, -0.15) is 0 Å². The van der Waals surface area contributed by atoms with E-state index in [0.29, 0.717) is 38.5 Å². The Hall–Kier alpha value is -2.55. The third-order valence-corrected chi connectivity index (χ3v) is 6.70. The highest BCUT2D eigenvalue weighted by atomic mass is 35.5. The maximum absolute atomic E-state index is 12.9. The van der Waals surface area contributed by atoms with E-state index >= 15 is 0 Å². The molecule has 152 valence electrons. The Balaban J connectivity index is 1.81. The van der Waals surface area contributed by atoms with Crippen LogP contribution in [-0.2, 0) is 10.0 Å². The number of hydrogen-bond acceptors (Lipinski definition) is 5. The molecule has 0 unspecified atom stereocenters. The van der Waals surface area contributed by atoms with Crippen molar-refractivity contribution in [3.63, 3.8) is 0 Å². The number of anilines is 2. The largest absolute Gasteiger partial charge is 0.494 e. The maximum atomic E-state index is 12.9. The van der Waals surface area contributed by atoms with Crippen molar-refractivity contribution in [1.82, 2.24) is 0 Å². The molecular weight excluding hydrogens is 432 g/mol. The predicted molar refractivity (Wildman–Crippen MR) is 117 cm³/mol. The summed E-state index contributed by atoms with van der Waals surface area (Å²) in [4.78, 5) is 12.8. The number of carbonyl (C=O) groups excluding carboxylic acids is 1. The summed E-state index contributed by atoms with van der Waals surface area (Å²) in [7, 11) is -3.85. The first kappa shape index (κ1) is 21.2. The summed E-state index contributed by atoms with van der Waals surface area (Å²) >= 11 is 7.01. The van der Waals surface area contributed by atoms with Crippen LogP contribution in [0.5, 0.6) is 5.75 Å². The molecule has 0 spiro atoms. The molecule has 6 nitrogen and oxygen atoms in total. The Bertz CT molecular complexity index is 1130. The van der Waals surface area contributed by atoms with Gasteiger partial charge in [-0.1, -0.05) is 17.7 Å². The molecule has 3 aromatic rings. The Labute approximate surface area is 178 Å². The van der Waals surface area contributed by atoms with Crippen molar-refractivity contribution in [1.29, 1.82) is 0 Å². The van der Waals surface area contributed by atoms with Gasteiger partial charge in [0.1, 0.15) is 5.75 Å². The molecule has 0 aliphatic carbocycles. The highest BCUT2D eigenvalue weighted by molar-refractivity contribution is 7.92. The number of rotatable bonds is 7. The first-order chi connectivity index (χ1) is 13.8. The topological polar surface area (TPSA) is 84.5 Å². The van der Waals surface area contributed by atoms with Crippen LogP contribution in [0.4, 0.5) is 11.4 Å². The average molecular weight is 451 g/mol. The number of halogens is 1. The first-order valence-electron chi connectivity index (χ1n) is 8.71. The Kier molecular flexibility index (Phi) is 6.46. The van der Waals surface area contributed by atoms with E-state index in [1.807, 2.05) is 6.92 Å². The molecule has 0 saturated heterocycles. The van der Waals surface area contributed by atoms with E-state index in [1.54, 1.807) is 55.5 Å². The summed E-state index contributed by atoms with van der Waals surface area (Å²) in [5, 5.41) is 2.70. The van der Waals surface area contributed by atoms with Gasteiger partial charge in [-0.15, -0.1) is 11.3 Å². The number of amides is 1. The lowest BCUT2D eigenvalue weighted by molar-refractivity contribution is 0.103. The van der Waals surface area contributed by atoms with E-state index in [9.17, 15) is 13.2 Å². The zero-order valence-corrected chi connectivity index (χ0v) is 18.1. The maximum Gasteiger partial charge on any atom is 0.265 e. The van der Waals surface area contributed by atoms with Crippen molar-refractivity contribution in [2.75, 3.05) is 16.6 Å². The third-order valence-electron chi connectivity index (χ3n) is 3.95. The zero-order valence-electron chi connectivity index (χ0n) is 15.7. The molecule has 0 aliphatic rings. The Morgan fingerprint density at radius 3 is 2.38 bits per heavy atom. The zero-order chi connectivity index (χ0) is 21.0. The number of nitrogens with one attached hydrogen (secondary N) is 2. The van der Waals surface area contributed by atoms with E-state index in [4.69, 9.17) is 16.3 Å². The van der Waals surface area contributed by atoms with Crippen LogP contribution in [0.15, 0.2) is 59.5 Å². The lowest BCUT2D eigenvalue weighted by atomic mass is 10.2. The summed E-state index contributed by atoms with van der Waals surface area (Å²) in [6, 6.07) is 14.6. The van der Waals surface area contributed by atoms with Crippen molar-refractivity contribution < 1.29 is 17.9 Å². The van der Waals surface area contributed by atoms with Gasteiger partial charge in [0.2, 0.25) is 0 Å². The minimum absolute atomic E-state index is 0.0772. The average Bonchev–Trinajstić information content (AvgIpc) is 3.11. The molecule has 0 saturated carbocycles. The highest BCUT2D eigenvalue weighted by Crippen LogP contribution is 2.26. The number of hydrogen-bond donors (Lipinski definition) is 2. The van der Waals surface area contributed by atoms with E-state index in [2.05, 4.69) is 10.0 Å². The fourth-order valence-corrected chi connectivity index (χ4v) is 4.86. The molecule has 1 amide bonds. The smallest absolute Gasteiger partial charge is 0.265 e. The van der Waals surface area contributed by atoms with Crippen LogP contribution in [0.3, 0.4) is 0 Å². The molecule has 0 fully saturated rings. The second-order valence-corrected chi connectivity index (χ2v) is 9.47. The van der Waals surface area contributed by atoms with Gasteiger partial charge in [0.25, 0.3) is 15.9 Å². The SMILES string of the molecule is CCOc1ccc(NS(=O)(=O)c2cc(NC(=O)c3ccc(Cl)s3)ccc2C)cc1. The fraction of sp³-hybridized carbons (Fsp3) is 0.150. The molecule has 29 heavy (non-hydrogen) atoms. The van der Waals surface area contributed by atoms with Crippen LogP contribution in [0.1, 0.15) is 22.2 Å². The van der Waals surface area contributed by atoms with Gasteiger partial charge in [0.15, 0.2) is 0 Å². The van der Waals surface area contributed by atoms with Crippen molar-refractivity contribution >= 4 is 50.2 Å². The standard InChI is InChI=1S/C20H19ClN2O4S2/c1-3-27-16-8-6-14(7-9-16)23-29(25,26)18-12-15(5-4-13(18)2)22-20(24)17-10-11-19(21)28-17/h4-12,23H,3H2,1-2H3,(H,22,24). The second-order valence-electron chi connectivity index (χ2n) is 6.10. The molecule has 2 N–H and O–H groups in total. The Morgan fingerprint density at radius 1 is 1.07 bits per heavy atom. The number of ether oxygens (including phenoxy) is 1. The molecule has 9 heteroatoms. The molecule has 0 radical (unpaired) electrons. The van der Waals surface area contributed by atoms with Gasteiger partial charge < -0.3 is 10.1 Å².